The average Bonchev–Trinajstić information content (AvgIpc) is 3.32. The highest BCUT2D eigenvalue weighted by Crippen LogP contribution is 2.31. The van der Waals surface area contributed by atoms with Gasteiger partial charge in [0.05, 0.1) is 0 Å². The minimum atomic E-state index is -0.230. The Morgan fingerprint density at radius 3 is 2.69 bits per heavy atom. The summed E-state index contributed by atoms with van der Waals surface area (Å²) in [4.78, 5) is 14.8. The fourth-order valence-electron chi connectivity index (χ4n) is 3.86. The zero-order chi connectivity index (χ0) is 18.1. The number of phenolic OH excluding ortho intramolecular Hbond substituents is 1. The molecular weight excluding hydrogens is 350 g/mol. The Bertz CT molecular complexity index is 796. The monoisotopic (exact) mass is 371 g/mol. The Morgan fingerprint density at radius 2 is 1.92 bits per heavy atom. The van der Waals surface area contributed by atoms with Gasteiger partial charge in [0.2, 0.25) is 5.91 Å². The van der Waals surface area contributed by atoms with Gasteiger partial charge >= 0.3 is 0 Å². The largest absolute Gasteiger partial charge is 0.508 e. The van der Waals surface area contributed by atoms with Gasteiger partial charge in [0.1, 0.15) is 11.8 Å². The van der Waals surface area contributed by atoms with Gasteiger partial charge in [-0.1, -0.05) is 35.9 Å². The van der Waals surface area contributed by atoms with E-state index in [9.17, 15) is 9.90 Å². The van der Waals surface area contributed by atoms with Crippen LogP contribution in [0.25, 0.3) is 0 Å². The zero-order valence-electron chi connectivity index (χ0n) is 14.4. The number of hydrazine groups is 1. The van der Waals surface area contributed by atoms with E-state index in [0.717, 1.165) is 30.1 Å². The first-order valence-electron chi connectivity index (χ1n) is 8.94. The number of hydrogen-bond acceptors (Lipinski definition) is 4. The molecule has 0 radical (unpaired) electrons. The van der Waals surface area contributed by atoms with Crippen molar-refractivity contribution in [3.63, 3.8) is 0 Å². The summed E-state index contributed by atoms with van der Waals surface area (Å²) in [6.45, 7) is 1.51. The van der Waals surface area contributed by atoms with Crippen LogP contribution in [0.15, 0.2) is 48.5 Å². The molecule has 2 aliphatic heterocycles. The molecule has 3 N–H and O–H groups in total. The van der Waals surface area contributed by atoms with Gasteiger partial charge in [0.15, 0.2) is 0 Å². The van der Waals surface area contributed by atoms with Gasteiger partial charge in [-0.3, -0.25) is 4.79 Å². The van der Waals surface area contributed by atoms with Gasteiger partial charge in [0, 0.05) is 30.1 Å². The van der Waals surface area contributed by atoms with Gasteiger partial charge in [-0.2, -0.15) is 0 Å². The van der Waals surface area contributed by atoms with Crippen LogP contribution in [0.5, 0.6) is 5.75 Å². The van der Waals surface area contributed by atoms with E-state index in [0.29, 0.717) is 12.3 Å². The number of carbonyl (C=O) groups excluding carboxylic acids is 1. The first-order valence-corrected chi connectivity index (χ1v) is 9.32. The summed E-state index contributed by atoms with van der Waals surface area (Å²) in [5.74, 6) is 0.736. The quantitative estimate of drug-likeness (QED) is 0.776. The van der Waals surface area contributed by atoms with E-state index in [2.05, 4.69) is 16.9 Å². The molecule has 2 saturated heterocycles. The van der Waals surface area contributed by atoms with Crippen molar-refractivity contribution in [2.45, 2.75) is 30.8 Å². The minimum absolute atomic E-state index is 0.0656. The Kier molecular flexibility index (Phi) is 4.85. The first kappa shape index (κ1) is 17.3. The maximum Gasteiger partial charge on any atom is 0.241 e. The predicted molar refractivity (Wildman–Crippen MR) is 101 cm³/mol. The number of benzene rings is 2. The minimum Gasteiger partial charge on any atom is -0.508 e. The average molecular weight is 372 g/mol. The van der Waals surface area contributed by atoms with Gasteiger partial charge < -0.3 is 10.0 Å². The molecule has 3 unspecified atom stereocenters. The lowest BCUT2D eigenvalue weighted by molar-refractivity contribution is -0.132. The number of aromatic hydroxyl groups is 1. The molecule has 2 fully saturated rings. The molecule has 2 aliphatic rings. The van der Waals surface area contributed by atoms with Crippen molar-refractivity contribution >= 4 is 17.5 Å². The molecule has 0 spiro atoms. The third kappa shape index (κ3) is 3.56. The van der Waals surface area contributed by atoms with Crippen LogP contribution in [0.3, 0.4) is 0 Å². The van der Waals surface area contributed by atoms with Crippen LogP contribution in [-0.4, -0.2) is 35.0 Å². The Hall–Kier alpha value is -2.08. The van der Waals surface area contributed by atoms with Crippen LogP contribution in [0, 0.1) is 0 Å². The molecule has 2 heterocycles. The summed E-state index contributed by atoms with van der Waals surface area (Å²) in [7, 11) is 0. The molecule has 6 heteroatoms. The molecule has 0 aromatic heterocycles. The Labute approximate surface area is 157 Å². The van der Waals surface area contributed by atoms with Crippen molar-refractivity contribution in [1.29, 1.82) is 0 Å². The molecule has 0 bridgehead atoms. The number of halogens is 1. The summed E-state index contributed by atoms with van der Waals surface area (Å²) in [5, 5.41) is 10.2. The SMILES string of the molecule is O=C(C1CC(c2ccc(O)cc2)NN1)N1CCC(c2cccc(Cl)c2)C1. The van der Waals surface area contributed by atoms with E-state index < -0.39 is 0 Å². The second kappa shape index (κ2) is 7.27. The van der Waals surface area contributed by atoms with Gasteiger partial charge in [0.25, 0.3) is 0 Å². The van der Waals surface area contributed by atoms with E-state index in [4.69, 9.17) is 11.6 Å². The molecule has 2 aromatic carbocycles. The molecule has 0 aliphatic carbocycles. The van der Waals surface area contributed by atoms with Crippen molar-refractivity contribution < 1.29 is 9.90 Å². The lowest BCUT2D eigenvalue weighted by Crippen LogP contribution is -2.44. The molecule has 3 atom stereocenters. The van der Waals surface area contributed by atoms with Crippen LogP contribution >= 0.6 is 11.6 Å². The van der Waals surface area contributed by atoms with Crippen molar-refractivity contribution in [2.75, 3.05) is 13.1 Å². The Morgan fingerprint density at radius 1 is 1.12 bits per heavy atom. The number of carbonyl (C=O) groups is 1. The molecule has 26 heavy (non-hydrogen) atoms. The van der Waals surface area contributed by atoms with Crippen LogP contribution in [-0.2, 0) is 4.79 Å². The maximum atomic E-state index is 12.9. The molecule has 0 saturated carbocycles. The van der Waals surface area contributed by atoms with E-state index in [1.807, 2.05) is 35.2 Å². The molecule has 4 rings (SSSR count). The van der Waals surface area contributed by atoms with E-state index in [1.165, 1.54) is 5.56 Å². The number of likely N-dealkylation sites (tertiary alicyclic amines) is 1. The van der Waals surface area contributed by atoms with Crippen LogP contribution in [0.4, 0.5) is 0 Å². The smallest absolute Gasteiger partial charge is 0.241 e. The molecule has 136 valence electrons. The zero-order valence-corrected chi connectivity index (χ0v) is 15.1. The fourth-order valence-corrected chi connectivity index (χ4v) is 4.06. The Balaban J connectivity index is 1.37. The van der Waals surface area contributed by atoms with Crippen molar-refractivity contribution in [3.05, 3.63) is 64.7 Å². The number of nitrogens with zero attached hydrogens (tertiary/aromatic N) is 1. The summed E-state index contributed by atoms with van der Waals surface area (Å²) in [6.07, 6.45) is 1.66. The molecule has 2 aromatic rings. The standard InChI is InChI=1S/C20H22ClN3O2/c21-16-3-1-2-14(10-16)15-8-9-24(12-15)20(26)19-11-18(22-23-19)13-4-6-17(25)7-5-13/h1-7,10,15,18-19,22-23,25H,8-9,11-12H2. The second-order valence-corrected chi connectivity index (χ2v) is 7.48. The maximum absolute atomic E-state index is 12.9. The van der Waals surface area contributed by atoms with E-state index in [-0.39, 0.29) is 23.7 Å². The molecule has 1 amide bonds. The van der Waals surface area contributed by atoms with Crippen LogP contribution < -0.4 is 10.9 Å². The van der Waals surface area contributed by atoms with Crippen LogP contribution in [0.2, 0.25) is 5.02 Å². The first-order chi connectivity index (χ1) is 12.6. The van der Waals surface area contributed by atoms with Gasteiger partial charge in [-0.15, -0.1) is 0 Å². The van der Waals surface area contributed by atoms with E-state index in [1.54, 1.807) is 12.1 Å². The van der Waals surface area contributed by atoms with E-state index >= 15 is 0 Å². The van der Waals surface area contributed by atoms with Crippen molar-refractivity contribution in [2.24, 2.45) is 0 Å². The summed E-state index contributed by atoms with van der Waals surface area (Å²) >= 11 is 6.10. The number of amides is 1. The number of rotatable bonds is 3. The number of phenols is 1. The lowest BCUT2D eigenvalue weighted by atomic mass is 9.98. The van der Waals surface area contributed by atoms with Gasteiger partial charge in [-0.25, -0.2) is 10.9 Å². The summed E-state index contributed by atoms with van der Waals surface area (Å²) in [5.41, 5.74) is 8.60. The third-order valence-corrected chi connectivity index (χ3v) is 5.55. The second-order valence-electron chi connectivity index (χ2n) is 7.05. The summed E-state index contributed by atoms with van der Waals surface area (Å²) < 4.78 is 0. The highest BCUT2D eigenvalue weighted by atomic mass is 35.5. The summed E-state index contributed by atoms with van der Waals surface area (Å²) in [6, 6.07) is 14.9. The predicted octanol–water partition coefficient (Wildman–Crippen LogP) is 2.97. The lowest BCUT2D eigenvalue weighted by Gasteiger charge is -2.20. The number of hydrogen-bond donors (Lipinski definition) is 3. The number of nitrogens with one attached hydrogen (secondary N) is 2. The fraction of sp³-hybridized carbons (Fsp3) is 0.350. The highest BCUT2D eigenvalue weighted by molar-refractivity contribution is 6.30. The third-order valence-electron chi connectivity index (χ3n) is 5.32. The normalized spacial score (nSPS) is 25.6. The molecule has 5 nitrogen and oxygen atoms in total. The van der Waals surface area contributed by atoms with Gasteiger partial charge in [-0.05, 0) is 48.2 Å². The topological polar surface area (TPSA) is 64.6 Å². The van der Waals surface area contributed by atoms with Crippen molar-refractivity contribution in [1.82, 2.24) is 15.8 Å². The van der Waals surface area contributed by atoms with Crippen LogP contribution in [0.1, 0.15) is 35.9 Å². The highest BCUT2D eigenvalue weighted by Gasteiger charge is 2.36. The molecular formula is C20H22ClN3O2. The van der Waals surface area contributed by atoms with Crippen molar-refractivity contribution in [3.8, 4) is 5.75 Å².